The van der Waals surface area contributed by atoms with E-state index in [0.29, 0.717) is 5.65 Å². The van der Waals surface area contributed by atoms with Gasteiger partial charge in [-0.05, 0) is 6.07 Å². The molecule has 5 heteroatoms. The predicted molar refractivity (Wildman–Crippen MR) is 47.3 cm³/mol. The van der Waals surface area contributed by atoms with Crippen molar-refractivity contribution in [3.8, 4) is 0 Å². The lowest BCUT2D eigenvalue weighted by atomic mass is 10.3. The molecule has 1 N–H and O–H groups in total. The summed E-state index contributed by atoms with van der Waals surface area (Å²) in [7, 11) is 0. The van der Waals surface area contributed by atoms with Crippen LogP contribution >= 0.6 is 11.6 Å². The third kappa shape index (κ3) is 1.29. The number of aromatic amines is 1. The second kappa shape index (κ2) is 2.81. The molecule has 66 valence electrons. The van der Waals surface area contributed by atoms with Gasteiger partial charge in [0.15, 0.2) is 16.4 Å². The fraction of sp³-hybridized carbons (Fsp3) is 0. The Labute approximate surface area is 77.2 Å². The fourth-order valence-corrected chi connectivity index (χ4v) is 1.19. The number of hydrogen-bond donors (Lipinski definition) is 1. The summed E-state index contributed by atoms with van der Waals surface area (Å²) in [5.41, 5.74) is 0.00992. The number of hydrogen-bond acceptors (Lipinski definition) is 2. The van der Waals surface area contributed by atoms with Gasteiger partial charge in [-0.2, -0.15) is 0 Å². The van der Waals surface area contributed by atoms with Gasteiger partial charge >= 0.3 is 0 Å². The maximum absolute atomic E-state index is 12.9. The molecule has 0 radical (unpaired) electrons. The summed E-state index contributed by atoms with van der Waals surface area (Å²) in [4.78, 5) is 17.5. The molecular weight excluding hydrogens is 195 g/mol. The van der Waals surface area contributed by atoms with Crippen LogP contribution in [-0.2, 0) is 0 Å². The van der Waals surface area contributed by atoms with Crippen molar-refractivity contribution in [1.82, 2.24) is 9.97 Å². The molecule has 2 aromatic rings. The molecule has 0 aromatic carbocycles. The van der Waals surface area contributed by atoms with Gasteiger partial charge in [0, 0.05) is 12.3 Å². The van der Waals surface area contributed by atoms with E-state index in [9.17, 15) is 9.18 Å². The summed E-state index contributed by atoms with van der Waals surface area (Å²) in [5.74, 6) is -0.689. The molecule has 0 atom stereocenters. The van der Waals surface area contributed by atoms with Crippen LogP contribution in [0.25, 0.3) is 11.0 Å². The van der Waals surface area contributed by atoms with Gasteiger partial charge in [0.05, 0.1) is 5.39 Å². The minimum atomic E-state index is -0.689. The van der Waals surface area contributed by atoms with Gasteiger partial charge in [-0.3, -0.25) is 4.79 Å². The highest BCUT2D eigenvalue weighted by Crippen LogP contribution is 2.14. The lowest BCUT2D eigenvalue weighted by molar-refractivity contribution is 0.624. The lowest BCUT2D eigenvalue weighted by Gasteiger charge is -1.97. The van der Waals surface area contributed by atoms with Crippen molar-refractivity contribution in [1.29, 1.82) is 0 Å². The molecule has 13 heavy (non-hydrogen) atoms. The van der Waals surface area contributed by atoms with Gasteiger partial charge in [-0.15, -0.1) is 0 Å². The molecule has 0 spiro atoms. The third-order valence-corrected chi connectivity index (χ3v) is 1.92. The first kappa shape index (κ1) is 8.19. The van der Waals surface area contributed by atoms with Crippen LogP contribution in [0.15, 0.2) is 23.1 Å². The number of rotatable bonds is 0. The van der Waals surface area contributed by atoms with E-state index < -0.39 is 5.82 Å². The van der Waals surface area contributed by atoms with Crippen LogP contribution in [0.5, 0.6) is 0 Å². The SMILES string of the molecule is O=c1cc[nH]c2nc(Cl)c(F)cc12. The molecular formula is C8H4ClFN2O. The second-order valence-electron chi connectivity index (χ2n) is 2.50. The molecule has 2 heterocycles. The number of halogens is 2. The van der Waals surface area contributed by atoms with Crippen molar-refractivity contribution in [3.05, 3.63) is 39.5 Å². The molecule has 0 aliphatic rings. The molecule has 0 unspecified atom stereocenters. The van der Waals surface area contributed by atoms with Crippen molar-refractivity contribution in [2.24, 2.45) is 0 Å². The number of pyridine rings is 2. The summed E-state index contributed by atoms with van der Waals surface area (Å²) in [6, 6.07) is 2.38. The topological polar surface area (TPSA) is 45.8 Å². The van der Waals surface area contributed by atoms with Gasteiger partial charge < -0.3 is 4.98 Å². The summed E-state index contributed by atoms with van der Waals surface area (Å²) < 4.78 is 12.9. The van der Waals surface area contributed by atoms with E-state index in [1.807, 2.05) is 0 Å². The van der Waals surface area contributed by atoms with Crippen molar-refractivity contribution < 1.29 is 4.39 Å². The summed E-state index contributed by atoms with van der Waals surface area (Å²) in [6.07, 6.45) is 1.44. The molecule has 0 bridgehead atoms. The highest BCUT2D eigenvalue weighted by Gasteiger charge is 2.05. The number of nitrogens with zero attached hydrogens (tertiary/aromatic N) is 1. The van der Waals surface area contributed by atoms with Gasteiger partial charge in [-0.1, -0.05) is 11.6 Å². The maximum atomic E-state index is 12.9. The zero-order valence-electron chi connectivity index (χ0n) is 6.34. The van der Waals surface area contributed by atoms with Crippen LogP contribution in [0.2, 0.25) is 5.15 Å². The highest BCUT2D eigenvalue weighted by molar-refractivity contribution is 6.29. The lowest BCUT2D eigenvalue weighted by Crippen LogP contribution is -2.02. The zero-order valence-corrected chi connectivity index (χ0v) is 7.10. The second-order valence-corrected chi connectivity index (χ2v) is 2.86. The average molecular weight is 199 g/mol. The van der Waals surface area contributed by atoms with E-state index in [4.69, 9.17) is 11.6 Å². The Kier molecular flexibility index (Phi) is 1.77. The third-order valence-electron chi connectivity index (χ3n) is 1.65. The first-order chi connectivity index (χ1) is 6.18. The Balaban J connectivity index is 2.97. The standard InChI is InChI=1S/C8H4ClFN2O/c9-7-5(10)3-4-6(13)1-2-11-8(4)12-7/h1-3H,(H,11,12,13). The molecule has 2 rings (SSSR count). The number of nitrogens with one attached hydrogen (secondary N) is 1. The fourth-order valence-electron chi connectivity index (χ4n) is 1.05. The summed E-state index contributed by atoms with van der Waals surface area (Å²) >= 11 is 5.43. The van der Waals surface area contributed by atoms with Crippen LogP contribution in [0.4, 0.5) is 4.39 Å². The van der Waals surface area contributed by atoms with Crippen LogP contribution in [0, 0.1) is 5.82 Å². The van der Waals surface area contributed by atoms with E-state index in [2.05, 4.69) is 9.97 Å². The smallest absolute Gasteiger partial charge is 0.191 e. The van der Waals surface area contributed by atoms with Crippen LogP contribution in [-0.4, -0.2) is 9.97 Å². The molecule has 0 saturated heterocycles. The monoisotopic (exact) mass is 198 g/mol. The largest absolute Gasteiger partial charge is 0.346 e. The van der Waals surface area contributed by atoms with Crippen LogP contribution < -0.4 is 5.43 Å². The summed E-state index contributed by atoms with van der Waals surface area (Å²) in [6.45, 7) is 0. The first-order valence-corrected chi connectivity index (χ1v) is 3.90. The van der Waals surface area contributed by atoms with E-state index in [0.717, 1.165) is 6.07 Å². The van der Waals surface area contributed by atoms with E-state index in [-0.39, 0.29) is 16.0 Å². The number of aromatic nitrogens is 2. The van der Waals surface area contributed by atoms with Crippen molar-refractivity contribution in [2.75, 3.05) is 0 Å². The van der Waals surface area contributed by atoms with Crippen LogP contribution in [0.1, 0.15) is 0 Å². The normalized spacial score (nSPS) is 10.6. The highest BCUT2D eigenvalue weighted by atomic mass is 35.5. The molecule has 0 amide bonds. The van der Waals surface area contributed by atoms with Crippen molar-refractivity contribution >= 4 is 22.6 Å². The minimum absolute atomic E-state index is 0.199. The predicted octanol–water partition coefficient (Wildman–Crippen LogP) is 1.72. The van der Waals surface area contributed by atoms with Crippen molar-refractivity contribution in [2.45, 2.75) is 0 Å². The molecule has 0 aliphatic heterocycles. The van der Waals surface area contributed by atoms with Gasteiger partial charge in [-0.25, -0.2) is 9.37 Å². The van der Waals surface area contributed by atoms with E-state index >= 15 is 0 Å². The quantitative estimate of drug-likeness (QED) is 0.655. The Morgan fingerprint density at radius 2 is 2.31 bits per heavy atom. The Hall–Kier alpha value is -1.42. The van der Waals surface area contributed by atoms with Crippen molar-refractivity contribution in [3.63, 3.8) is 0 Å². The molecule has 3 nitrogen and oxygen atoms in total. The number of H-pyrrole nitrogens is 1. The first-order valence-electron chi connectivity index (χ1n) is 3.52. The molecule has 0 fully saturated rings. The minimum Gasteiger partial charge on any atom is -0.346 e. The maximum Gasteiger partial charge on any atom is 0.191 e. The van der Waals surface area contributed by atoms with E-state index in [1.54, 1.807) is 0 Å². The van der Waals surface area contributed by atoms with Crippen LogP contribution in [0.3, 0.4) is 0 Å². The number of fused-ring (bicyclic) bond motifs is 1. The van der Waals surface area contributed by atoms with E-state index in [1.165, 1.54) is 12.3 Å². The van der Waals surface area contributed by atoms with Gasteiger partial charge in [0.1, 0.15) is 5.65 Å². The Bertz CT molecular complexity index is 523. The Morgan fingerprint density at radius 3 is 3.08 bits per heavy atom. The molecule has 0 aliphatic carbocycles. The zero-order chi connectivity index (χ0) is 9.42. The molecule has 2 aromatic heterocycles. The molecule has 0 saturated carbocycles. The van der Waals surface area contributed by atoms with Gasteiger partial charge in [0.25, 0.3) is 0 Å². The average Bonchev–Trinajstić information content (AvgIpc) is 2.09. The Morgan fingerprint density at radius 1 is 1.54 bits per heavy atom. The van der Waals surface area contributed by atoms with Gasteiger partial charge in [0.2, 0.25) is 0 Å². The summed E-state index contributed by atoms with van der Waals surface area (Å²) in [5, 5.41) is -0.0428.